The Bertz CT molecular complexity index is 1010. The van der Waals surface area contributed by atoms with Crippen LogP contribution in [0.4, 0.5) is 15.8 Å². The monoisotopic (exact) mass is 395 g/mol. The zero-order valence-electron chi connectivity index (χ0n) is 16.4. The second-order valence-corrected chi connectivity index (χ2v) is 7.47. The number of rotatable bonds is 4. The van der Waals surface area contributed by atoms with Crippen LogP contribution in [0.5, 0.6) is 0 Å². The molecular weight excluding hydrogens is 373 g/mol. The molecule has 0 aromatic heterocycles. The first-order chi connectivity index (χ1) is 13.9. The molecule has 2 aromatic rings. The molecule has 0 spiro atoms. The number of carbonyl (C=O) groups excluding carboxylic acids is 3. The molecule has 1 fully saturated rings. The minimum Gasteiger partial charge on any atom is -0.311 e. The molecule has 3 amide bonds. The van der Waals surface area contributed by atoms with Gasteiger partial charge < -0.3 is 9.80 Å². The van der Waals surface area contributed by atoms with Crippen LogP contribution < -0.4 is 9.80 Å². The van der Waals surface area contributed by atoms with Gasteiger partial charge in [0.25, 0.3) is 5.91 Å². The van der Waals surface area contributed by atoms with Gasteiger partial charge in [0, 0.05) is 18.7 Å². The van der Waals surface area contributed by atoms with Crippen molar-refractivity contribution in [1.29, 1.82) is 0 Å². The summed E-state index contributed by atoms with van der Waals surface area (Å²) in [6, 6.07) is 12.8. The number of para-hydroxylation sites is 1. The van der Waals surface area contributed by atoms with Crippen LogP contribution in [-0.2, 0) is 9.59 Å². The number of hydrogen-bond donors (Lipinski definition) is 0. The van der Waals surface area contributed by atoms with E-state index >= 15 is 0 Å². The summed E-state index contributed by atoms with van der Waals surface area (Å²) in [6.07, 6.45) is 0.759. The molecule has 0 saturated carbocycles. The van der Waals surface area contributed by atoms with Gasteiger partial charge in [-0.25, -0.2) is 4.39 Å². The number of halogens is 1. The maximum absolute atomic E-state index is 13.6. The van der Waals surface area contributed by atoms with Gasteiger partial charge in [0.15, 0.2) is 0 Å². The van der Waals surface area contributed by atoms with Crippen molar-refractivity contribution in [1.82, 2.24) is 4.90 Å². The molecule has 2 aromatic carbocycles. The summed E-state index contributed by atoms with van der Waals surface area (Å²) in [7, 11) is 0. The molecule has 0 radical (unpaired) electrons. The summed E-state index contributed by atoms with van der Waals surface area (Å²) < 4.78 is 13.6. The normalized spacial score (nSPS) is 20.5. The molecule has 0 unspecified atom stereocenters. The van der Waals surface area contributed by atoms with E-state index in [9.17, 15) is 18.8 Å². The van der Waals surface area contributed by atoms with Gasteiger partial charge in [0.1, 0.15) is 18.0 Å². The van der Waals surface area contributed by atoms with Gasteiger partial charge >= 0.3 is 0 Å². The van der Waals surface area contributed by atoms with Gasteiger partial charge in [-0.3, -0.25) is 19.3 Å². The molecule has 1 atom stereocenters. The van der Waals surface area contributed by atoms with Gasteiger partial charge in [-0.1, -0.05) is 18.2 Å². The van der Waals surface area contributed by atoms with Gasteiger partial charge in [0.2, 0.25) is 11.8 Å². The molecule has 0 bridgehead atoms. The lowest BCUT2D eigenvalue weighted by Crippen LogP contribution is -2.64. The van der Waals surface area contributed by atoms with Crippen molar-refractivity contribution < 1.29 is 18.8 Å². The number of likely N-dealkylation sites (N-methyl/N-ethyl adjacent to an activating group) is 1. The average Bonchev–Trinajstić information content (AvgIpc) is 3.01. The molecule has 7 heteroatoms. The Labute approximate surface area is 168 Å². The number of anilines is 2. The maximum Gasteiger partial charge on any atom is 0.258 e. The van der Waals surface area contributed by atoms with Crippen LogP contribution in [0, 0.1) is 5.82 Å². The summed E-state index contributed by atoms with van der Waals surface area (Å²) >= 11 is 0. The molecular formula is C22H22FN3O3. The minimum atomic E-state index is -0.903. The predicted molar refractivity (Wildman–Crippen MR) is 107 cm³/mol. The van der Waals surface area contributed by atoms with E-state index in [1.165, 1.54) is 21.9 Å². The Kier molecular flexibility index (Phi) is 4.61. The molecule has 150 valence electrons. The number of hydrogen-bond acceptors (Lipinski definition) is 3. The highest BCUT2D eigenvalue weighted by Gasteiger charge is 2.53. The first-order valence-corrected chi connectivity index (χ1v) is 9.67. The summed E-state index contributed by atoms with van der Waals surface area (Å²) in [5.74, 6) is -1.11. The standard InChI is InChI=1S/C22H22FN3O3/c1-3-24(16-8-6-7-15(23)13-16)20(28)14-25-21(29)17-9-4-5-10-18(17)26-19(27)11-12-22(25,26)2/h4-10,13H,3,11-12,14H2,1-2H3/t22-/m1/s1. The Morgan fingerprint density at radius 1 is 1.17 bits per heavy atom. The first-order valence-electron chi connectivity index (χ1n) is 9.67. The van der Waals surface area contributed by atoms with Crippen molar-refractivity contribution in [2.75, 3.05) is 22.9 Å². The second-order valence-electron chi connectivity index (χ2n) is 7.47. The molecule has 4 rings (SSSR count). The fraction of sp³-hybridized carbons (Fsp3) is 0.318. The van der Waals surface area contributed by atoms with Crippen molar-refractivity contribution in [2.24, 2.45) is 0 Å². The van der Waals surface area contributed by atoms with Gasteiger partial charge in [-0.2, -0.15) is 0 Å². The minimum absolute atomic E-state index is 0.0672. The summed E-state index contributed by atoms with van der Waals surface area (Å²) in [4.78, 5) is 43.6. The Morgan fingerprint density at radius 3 is 2.66 bits per heavy atom. The molecule has 2 aliphatic rings. The Balaban J connectivity index is 1.70. The maximum atomic E-state index is 13.6. The Morgan fingerprint density at radius 2 is 1.93 bits per heavy atom. The molecule has 0 N–H and O–H groups in total. The molecule has 1 saturated heterocycles. The first kappa shape index (κ1) is 19.1. The lowest BCUT2D eigenvalue weighted by Gasteiger charge is -2.48. The smallest absolute Gasteiger partial charge is 0.258 e. The highest BCUT2D eigenvalue weighted by molar-refractivity contribution is 6.11. The zero-order valence-corrected chi connectivity index (χ0v) is 16.4. The van der Waals surface area contributed by atoms with Crippen molar-refractivity contribution in [2.45, 2.75) is 32.4 Å². The highest BCUT2D eigenvalue weighted by Crippen LogP contribution is 2.43. The third-order valence-corrected chi connectivity index (χ3v) is 5.78. The number of carbonyl (C=O) groups is 3. The van der Waals surface area contributed by atoms with Crippen LogP contribution in [0.3, 0.4) is 0 Å². The van der Waals surface area contributed by atoms with Crippen LogP contribution in [0.2, 0.25) is 0 Å². The van der Waals surface area contributed by atoms with Crippen LogP contribution in [0.1, 0.15) is 37.0 Å². The molecule has 2 aliphatic heterocycles. The van der Waals surface area contributed by atoms with Crippen molar-refractivity contribution >= 4 is 29.1 Å². The van der Waals surface area contributed by atoms with Gasteiger partial charge in [0.05, 0.1) is 11.3 Å². The van der Waals surface area contributed by atoms with E-state index < -0.39 is 11.5 Å². The predicted octanol–water partition coefficient (Wildman–Crippen LogP) is 3.18. The van der Waals surface area contributed by atoms with E-state index in [0.717, 1.165) is 0 Å². The molecule has 0 aliphatic carbocycles. The fourth-order valence-corrected chi connectivity index (χ4v) is 4.31. The summed E-state index contributed by atoms with van der Waals surface area (Å²) in [6.45, 7) is 3.75. The highest BCUT2D eigenvalue weighted by atomic mass is 19.1. The van der Waals surface area contributed by atoms with E-state index in [1.807, 2.05) is 6.92 Å². The lowest BCUT2D eigenvalue weighted by molar-refractivity contribution is -0.121. The lowest BCUT2D eigenvalue weighted by atomic mass is 9.98. The SMILES string of the molecule is CCN(C(=O)CN1C(=O)c2ccccc2N2C(=O)CC[C@]12C)c1cccc(F)c1. The topological polar surface area (TPSA) is 60.9 Å². The third kappa shape index (κ3) is 2.97. The third-order valence-electron chi connectivity index (χ3n) is 5.78. The van der Waals surface area contributed by atoms with E-state index in [2.05, 4.69) is 0 Å². The summed E-state index contributed by atoms with van der Waals surface area (Å²) in [5, 5.41) is 0. The quantitative estimate of drug-likeness (QED) is 0.799. The van der Waals surface area contributed by atoms with Gasteiger partial charge in [-0.15, -0.1) is 0 Å². The second kappa shape index (κ2) is 6.99. The van der Waals surface area contributed by atoms with E-state index in [0.29, 0.717) is 36.3 Å². The van der Waals surface area contributed by atoms with E-state index in [-0.39, 0.29) is 24.3 Å². The van der Waals surface area contributed by atoms with Crippen molar-refractivity contribution in [3.8, 4) is 0 Å². The van der Waals surface area contributed by atoms with Crippen molar-refractivity contribution in [3.05, 3.63) is 59.9 Å². The number of benzene rings is 2. The Hall–Kier alpha value is -3.22. The van der Waals surface area contributed by atoms with Crippen LogP contribution in [0.15, 0.2) is 48.5 Å². The molecule has 2 heterocycles. The number of nitrogens with zero attached hydrogens (tertiary/aromatic N) is 3. The number of fused-ring (bicyclic) bond motifs is 3. The molecule has 29 heavy (non-hydrogen) atoms. The molecule has 6 nitrogen and oxygen atoms in total. The number of amides is 3. The largest absolute Gasteiger partial charge is 0.311 e. The van der Waals surface area contributed by atoms with Crippen LogP contribution in [-0.4, -0.2) is 41.4 Å². The summed E-state index contributed by atoms with van der Waals surface area (Å²) in [5.41, 5.74) is 0.525. The van der Waals surface area contributed by atoms with Crippen LogP contribution >= 0.6 is 0 Å². The zero-order chi connectivity index (χ0) is 20.8. The average molecular weight is 395 g/mol. The fourth-order valence-electron chi connectivity index (χ4n) is 4.31. The van der Waals surface area contributed by atoms with Crippen molar-refractivity contribution in [3.63, 3.8) is 0 Å². The van der Waals surface area contributed by atoms with Crippen LogP contribution in [0.25, 0.3) is 0 Å². The van der Waals surface area contributed by atoms with Gasteiger partial charge in [-0.05, 0) is 50.6 Å². The van der Waals surface area contributed by atoms with E-state index in [1.54, 1.807) is 48.2 Å². The van der Waals surface area contributed by atoms with E-state index in [4.69, 9.17) is 0 Å².